The minimum atomic E-state index is -0.484. The Kier molecular flexibility index (Phi) is 3.78. The normalized spacial score (nSPS) is 10.8. The van der Waals surface area contributed by atoms with Gasteiger partial charge in [0, 0.05) is 0 Å². The summed E-state index contributed by atoms with van der Waals surface area (Å²) in [5.74, 6) is -0.826. The number of nitrogens with one attached hydrogen (secondary N) is 1. The van der Waals surface area contributed by atoms with Gasteiger partial charge in [-0.2, -0.15) is 9.49 Å². The number of hydrogen-bond acceptors (Lipinski definition) is 3. The van der Waals surface area contributed by atoms with Gasteiger partial charge in [0.05, 0.1) is 11.1 Å². The Hall–Kier alpha value is -2.08. The first kappa shape index (κ1) is 12.4. The summed E-state index contributed by atoms with van der Waals surface area (Å²) < 4.78 is 25.3. The lowest BCUT2D eigenvalue weighted by Gasteiger charge is -1.95. The van der Waals surface area contributed by atoms with E-state index in [0.29, 0.717) is 5.56 Å². The van der Waals surface area contributed by atoms with Gasteiger partial charge in [0.25, 0.3) is 5.91 Å². The van der Waals surface area contributed by atoms with Gasteiger partial charge < -0.3 is 0 Å². The van der Waals surface area contributed by atoms with E-state index in [1.807, 2.05) is 0 Å². The summed E-state index contributed by atoms with van der Waals surface area (Å²) in [7, 11) is 0. The zero-order valence-corrected chi connectivity index (χ0v) is 9.88. The molecule has 1 amide bonds. The summed E-state index contributed by atoms with van der Waals surface area (Å²) in [6.07, 6.45) is 1.38. The Morgan fingerprint density at radius 2 is 1.89 bits per heavy atom. The summed E-state index contributed by atoms with van der Waals surface area (Å²) in [5, 5.41) is 3.27. The minimum absolute atomic E-state index is 0.240. The van der Waals surface area contributed by atoms with E-state index in [1.54, 1.807) is 0 Å². The molecule has 3 nitrogen and oxygen atoms in total. The van der Waals surface area contributed by atoms with Gasteiger partial charge in [-0.25, -0.2) is 9.82 Å². The molecule has 0 saturated carbocycles. The summed E-state index contributed by atoms with van der Waals surface area (Å²) in [6, 6.07) is 8.22. The second kappa shape index (κ2) is 5.50. The molecule has 0 aliphatic heterocycles. The lowest BCUT2D eigenvalue weighted by atomic mass is 10.2. The van der Waals surface area contributed by atoms with Gasteiger partial charge in [-0.15, -0.1) is 11.3 Å². The molecule has 0 bridgehead atoms. The van der Waals surface area contributed by atoms with E-state index in [-0.39, 0.29) is 10.7 Å². The molecule has 0 unspecified atom stereocenters. The standard InChI is InChI=1S/C12H8F2N2OS/c13-9-3-1-8(2-4-9)7-15-16-12(17)10-5-6-11(14)18-10/h1-7H,(H,16,17). The van der Waals surface area contributed by atoms with Crippen LogP contribution in [0.5, 0.6) is 0 Å². The van der Waals surface area contributed by atoms with Crippen LogP contribution in [0, 0.1) is 10.9 Å². The van der Waals surface area contributed by atoms with Crippen molar-refractivity contribution < 1.29 is 13.6 Å². The minimum Gasteiger partial charge on any atom is -0.266 e. The Labute approximate surface area is 106 Å². The molecule has 1 heterocycles. The van der Waals surface area contributed by atoms with Crippen LogP contribution in [-0.2, 0) is 0 Å². The highest BCUT2D eigenvalue weighted by atomic mass is 32.1. The van der Waals surface area contributed by atoms with Gasteiger partial charge in [0.1, 0.15) is 5.82 Å². The molecular formula is C12H8F2N2OS. The molecule has 0 aliphatic rings. The number of hydrogen-bond donors (Lipinski definition) is 1. The van der Waals surface area contributed by atoms with Crippen LogP contribution in [0.1, 0.15) is 15.2 Å². The molecule has 0 radical (unpaired) electrons. The largest absolute Gasteiger partial charge is 0.281 e. The van der Waals surface area contributed by atoms with Crippen molar-refractivity contribution >= 4 is 23.5 Å². The van der Waals surface area contributed by atoms with Crippen LogP contribution >= 0.6 is 11.3 Å². The Morgan fingerprint density at radius 3 is 2.50 bits per heavy atom. The van der Waals surface area contributed by atoms with Gasteiger partial charge in [-0.05, 0) is 29.8 Å². The van der Waals surface area contributed by atoms with Gasteiger partial charge in [-0.1, -0.05) is 12.1 Å². The molecule has 2 rings (SSSR count). The lowest BCUT2D eigenvalue weighted by Crippen LogP contribution is -2.16. The van der Waals surface area contributed by atoms with Gasteiger partial charge in [-0.3, -0.25) is 4.79 Å². The first-order valence-electron chi connectivity index (χ1n) is 4.99. The predicted octanol–water partition coefficient (Wildman–Crippen LogP) is 2.79. The molecule has 0 fully saturated rings. The number of amides is 1. The Bertz CT molecular complexity index is 578. The van der Waals surface area contributed by atoms with E-state index in [9.17, 15) is 13.6 Å². The number of thiophene rings is 1. The molecule has 0 spiro atoms. The third-order valence-corrected chi connectivity index (χ3v) is 2.92. The molecular weight excluding hydrogens is 258 g/mol. The molecule has 18 heavy (non-hydrogen) atoms. The molecule has 2 aromatic rings. The van der Waals surface area contributed by atoms with Crippen LogP contribution in [0.15, 0.2) is 41.5 Å². The van der Waals surface area contributed by atoms with Crippen molar-refractivity contribution in [3.8, 4) is 0 Å². The fourth-order valence-electron chi connectivity index (χ4n) is 1.21. The third kappa shape index (κ3) is 3.21. The zero-order chi connectivity index (χ0) is 13.0. The summed E-state index contributed by atoms with van der Waals surface area (Å²) in [5.41, 5.74) is 2.90. The molecule has 1 N–H and O–H groups in total. The average molecular weight is 266 g/mol. The van der Waals surface area contributed by atoms with Gasteiger partial charge in [0.2, 0.25) is 0 Å². The van der Waals surface area contributed by atoms with Crippen molar-refractivity contribution in [1.82, 2.24) is 5.43 Å². The van der Waals surface area contributed by atoms with E-state index in [1.165, 1.54) is 42.6 Å². The molecule has 0 saturated heterocycles. The smallest absolute Gasteiger partial charge is 0.266 e. The zero-order valence-electron chi connectivity index (χ0n) is 9.06. The quantitative estimate of drug-likeness (QED) is 0.673. The maximum absolute atomic E-state index is 12.7. The maximum atomic E-state index is 12.7. The lowest BCUT2D eigenvalue weighted by molar-refractivity contribution is 0.0959. The van der Waals surface area contributed by atoms with Crippen LogP contribution in [0.4, 0.5) is 8.78 Å². The van der Waals surface area contributed by atoms with Crippen molar-refractivity contribution in [3.05, 3.63) is 57.8 Å². The summed E-state index contributed by atoms with van der Waals surface area (Å²) in [4.78, 5) is 11.7. The molecule has 92 valence electrons. The number of carbonyl (C=O) groups excluding carboxylic acids is 1. The first-order chi connectivity index (χ1) is 8.65. The molecule has 0 atom stereocenters. The highest BCUT2D eigenvalue weighted by molar-refractivity contribution is 7.12. The van der Waals surface area contributed by atoms with Crippen LogP contribution in [0.25, 0.3) is 0 Å². The number of hydrazone groups is 1. The summed E-state index contributed by atoms with van der Waals surface area (Å²) >= 11 is 0.742. The maximum Gasteiger partial charge on any atom is 0.281 e. The third-order valence-electron chi connectivity index (χ3n) is 2.05. The summed E-state index contributed by atoms with van der Waals surface area (Å²) in [6.45, 7) is 0. The van der Waals surface area contributed by atoms with Gasteiger partial charge in [0.15, 0.2) is 5.13 Å². The number of benzene rings is 1. The van der Waals surface area contributed by atoms with E-state index < -0.39 is 11.0 Å². The predicted molar refractivity (Wildman–Crippen MR) is 65.7 cm³/mol. The van der Waals surface area contributed by atoms with E-state index in [0.717, 1.165) is 11.3 Å². The van der Waals surface area contributed by atoms with E-state index >= 15 is 0 Å². The van der Waals surface area contributed by atoms with Crippen molar-refractivity contribution in [2.45, 2.75) is 0 Å². The highest BCUT2D eigenvalue weighted by Crippen LogP contribution is 2.13. The van der Waals surface area contributed by atoms with Crippen LogP contribution < -0.4 is 5.43 Å². The second-order valence-electron chi connectivity index (χ2n) is 3.35. The van der Waals surface area contributed by atoms with Crippen molar-refractivity contribution in [1.29, 1.82) is 0 Å². The Balaban J connectivity index is 1.95. The monoisotopic (exact) mass is 266 g/mol. The number of nitrogens with zero attached hydrogens (tertiary/aromatic N) is 1. The number of halogens is 2. The van der Waals surface area contributed by atoms with Crippen molar-refractivity contribution in [2.24, 2.45) is 5.10 Å². The fraction of sp³-hybridized carbons (Fsp3) is 0. The molecule has 1 aromatic heterocycles. The average Bonchev–Trinajstić information content (AvgIpc) is 2.78. The van der Waals surface area contributed by atoms with E-state index in [2.05, 4.69) is 10.5 Å². The van der Waals surface area contributed by atoms with Gasteiger partial charge >= 0.3 is 0 Å². The number of rotatable bonds is 3. The second-order valence-corrected chi connectivity index (χ2v) is 4.39. The number of carbonyl (C=O) groups is 1. The van der Waals surface area contributed by atoms with E-state index in [4.69, 9.17) is 0 Å². The SMILES string of the molecule is O=C(NN=Cc1ccc(F)cc1)c1ccc(F)s1. The van der Waals surface area contributed by atoms with Crippen molar-refractivity contribution in [2.75, 3.05) is 0 Å². The molecule has 6 heteroatoms. The molecule has 1 aromatic carbocycles. The topological polar surface area (TPSA) is 41.5 Å². The first-order valence-corrected chi connectivity index (χ1v) is 5.81. The molecule has 0 aliphatic carbocycles. The van der Waals surface area contributed by atoms with Crippen LogP contribution in [-0.4, -0.2) is 12.1 Å². The fourth-order valence-corrected chi connectivity index (χ4v) is 1.83. The van der Waals surface area contributed by atoms with Crippen LogP contribution in [0.2, 0.25) is 0 Å². The highest BCUT2D eigenvalue weighted by Gasteiger charge is 2.07. The van der Waals surface area contributed by atoms with Crippen LogP contribution in [0.3, 0.4) is 0 Å². The van der Waals surface area contributed by atoms with Crippen molar-refractivity contribution in [3.63, 3.8) is 0 Å². The Morgan fingerprint density at radius 1 is 1.17 bits per heavy atom.